The van der Waals surface area contributed by atoms with Crippen LogP contribution in [0.15, 0.2) is 48.1 Å². The third-order valence-corrected chi connectivity index (χ3v) is 5.29. The number of urea groups is 1. The van der Waals surface area contributed by atoms with Gasteiger partial charge in [0.1, 0.15) is 21.6 Å². The number of carbonyl (C=O) groups excluding carboxylic acids is 1. The maximum Gasteiger partial charge on any atom is 0.326 e. The molecule has 0 spiro atoms. The molecule has 0 bridgehead atoms. The molecule has 3 heterocycles. The lowest BCUT2D eigenvalue weighted by Crippen LogP contribution is -2.30. The Hall–Kier alpha value is -2.91. The van der Waals surface area contributed by atoms with Crippen molar-refractivity contribution in [3.63, 3.8) is 0 Å². The van der Waals surface area contributed by atoms with E-state index in [0.717, 1.165) is 23.7 Å². The molecule has 0 unspecified atom stereocenters. The molecule has 3 aromatic heterocycles. The van der Waals surface area contributed by atoms with Gasteiger partial charge in [0.15, 0.2) is 0 Å². The fourth-order valence-corrected chi connectivity index (χ4v) is 3.65. The molecule has 0 saturated heterocycles. The van der Waals surface area contributed by atoms with Crippen LogP contribution in [0, 0.1) is 0 Å². The number of thiazole rings is 1. The van der Waals surface area contributed by atoms with Crippen LogP contribution < -0.4 is 10.6 Å². The molecule has 0 radical (unpaired) electrons. The molecule has 3 rings (SSSR count). The number of aromatic nitrogens is 3. The van der Waals surface area contributed by atoms with Crippen LogP contribution in [0.2, 0.25) is 0 Å². The molecule has 2 N–H and O–H groups in total. The van der Waals surface area contributed by atoms with E-state index >= 15 is 0 Å². The van der Waals surface area contributed by atoms with Crippen molar-refractivity contribution in [1.82, 2.24) is 19.9 Å². The van der Waals surface area contributed by atoms with Gasteiger partial charge in [-0.3, -0.25) is 15.6 Å². The Morgan fingerprint density at radius 2 is 1.79 bits per heavy atom. The monoisotopic (exact) mass is 412 g/mol. The van der Waals surface area contributed by atoms with E-state index in [1.807, 2.05) is 43.0 Å². The molecule has 0 atom stereocenters. The summed E-state index contributed by atoms with van der Waals surface area (Å²) < 4.78 is 0. The summed E-state index contributed by atoms with van der Waals surface area (Å²) in [6.07, 6.45) is 3.41. The van der Waals surface area contributed by atoms with Gasteiger partial charge in [-0.05, 0) is 38.1 Å². The van der Waals surface area contributed by atoms with Gasteiger partial charge in [0.05, 0.1) is 5.69 Å². The van der Waals surface area contributed by atoms with Crippen LogP contribution in [0.25, 0.3) is 10.6 Å². The predicted octanol–water partition coefficient (Wildman–Crippen LogP) is 4.26. The smallest absolute Gasteiger partial charge is 0.326 e. The van der Waals surface area contributed by atoms with E-state index in [9.17, 15) is 4.79 Å². The minimum absolute atomic E-state index is 0.412. The number of pyridine rings is 2. The Morgan fingerprint density at radius 3 is 2.50 bits per heavy atom. The number of anilines is 2. The van der Waals surface area contributed by atoms with Gasteiger partial charge in [-0.15, -0.1) is 11.3 Å². The van der Waals surface area contributed by atoms with Gasteiger partial charge in [0.2, 0.25) is 0 Å². The van der Waals surface area contributed by atoms with Crippen molar-refractivity contribution in [3.8, 4) is 10.6 Å². The van der Waals surface area contributed by atoms with Crippen LogP contribution in [0.3, 0.4) is 0 Å². The number of hydrogen-bond acceptors (Lipinski definition) is 6. The summed E-state index contributed by atoms with van der Waals surface area (Å²) in [4.78, 5) is 27.9. The molecule has 0 fully saturated rings. The van der Waals surface area contributed by atoms with E-state index in [0.29, 0.717) is 22.3 Å². The molecule has 7 nitrogen and oxygen atoms in total. The molecule has 9 heteroatoms. The molecule has 0 aliphatic carbocycles. The quantitative estimate of drug-likeness (QED) is 0.589. The number of thiocarbonyl (C=S) groups is 1. The normalized spacial score (nSPS) is 10.4. The number of carbonyl (C=O) groups is 1. The second-order valence-corrected chi connectivity index (χ2v) is 6.98. The second-order valence-electron chi connectivity index (χ2n) is 5.74. The maximum atomic E-state index is 12.3. The summed E-state index contributed by atoms with van der Waals surface area (Å²) in [6.45, 7) is 5.69. The Morgan fingerprint density at radius 1 is 1.07 bits per heavy atom. The summed E-state index contributed by atoms with van der Waals surface area (Å²) in [5, 5.41) is 8.04. The summed E-state index contributed by atoms with van der Waals surface area (Å²) >= 11 is 6.94. The molecular formula is C19H20N6OS2. The standard InChI is InChI=1S/C19H20N6OS2/c1-3-25(4-2)18(27)14-6-5-7-15(21-14)23-19(26)24-16-12-28-17(22-16)13-8-10-20-11-9-13/h5-12H,3-4H2,1-2H3,(H2,21,23,24,26). The first kappa shape index (κ1) is 19.8. The van der Waals surface area contributed by atoms with Gasteiger partial charge in [-0.1, -0.05) is 18.3 Å². The van der Waals surface area contributed by atoms with Crippen LogP contribution >= 0.6 is 23.6 Å². The Kier molecular flexibility index (Phi) is 6.62. The minimum Gasteiger partial charge on any atom is -0.362 e. The van der Waals surface area contributed by atoms with E-state index in [2.05, 4.69) is 25.6 Å². The van der Waals surface area contributed by atoms with Gasteiger partial charge in [0.25, 0.3) is 0 Å². The molecule has 3 aromatic rings. The average Bonchev–Trinajstić information content (AvgIpc) is 3.18. The Labute approximate surface area is 172 Å². The van der Waals surface area contributed by atoms with Crippen molar-refractivity contribution in [2.45, 2.75) is 13.8 Å². The lowest BCUT2D eigenvalue weighted by atomic mass is 10.3. The first-order valence-electron chi connectivity index (χ1n) is 8.81. The van der Waals surface area contributed by atoms with Crippen LogP contribution in [0.1, 0.15) is 19.5 Å². The lowest BCUT2D eigenvalue weighted by Gasteiger charge is -2.21. The summed E-state index contributed by atoms with van der Waals surface area (Å²) in [5.74, 6) is 0.901. The SMILES string of the molecule is CCN(CC)C(=S)c1cccc(NC(=O)Nc2csc(-c3ccncc3)n2)n1. The predicted molar refractivity (Wildman–Crippen MR) is 117 cm³/mol. The molecule has 144 valence electrons. The number of amides is 2. The zero-order chi connectivity index (χ0) is 19.9. The minimum atomic E-state index is -0.412. The first-order chi connectivity index (χ1) is 13.6. The molecule has 0 aliphatic rings. The van der Waals surface area contributed by atoms with Crippen LogP contribution in [-0.4, -0.2) is 44.0 Å². The number of hydrogen-bond donors (Lipinski definition) is 2. The van der Waals surface area contributed by atoms with Crippen LogP contribution in [-0.2, 0) is 0 Å². The van der Waals surface area contributed by atoms with E-state index in [4.69, 9.17) is 12.2 Å². The first-order valence-corrected chi connectivity index (χ1v) is 10.1. The fourth-order valence-electron chi connectivity index (χ4n) is 2.52. The summed E-state index contributed by atoms with van der Waals surface area (Å²) in [6, 6.07) is 8.71. The summed E-state index contributed by atoms with van der Waals surface area (Å²) in [5.41, 5.74) is 1.61. The average molecular weight is 413 g/mol. The van der Waals surface area contributed by atoms with E-state index in [1.54, 1.807) is 23.8 Å². The number of nitrogens with one attached hydrogen (secondary N) is 2. The van der Waals surface area contributed by atoms with Crippen LogP contribution in [0.5, 0.6) is 0 Å². The highest BCUT2D eigenvalue weighted by Crippen LogP contribution is 2.25. The molecular weight excluding hydrogens is 392 g/mol. The van der Waals surface area contributed by atoms with Crippen molar-refractivity contribution >= 4 is 46.2 Å². The zero-order valence-electron chi connectivity index (χ0n) is 15.5. The fraction of sp³-hybridized carbons (Fsp3) is 0.211. The van der Waals surface area contributed by atoms with Gasteiger partial charge in [0, 0.05) is 36.4 Å². The largest absolute Gasteiger partial charge is 0.362 e. The van der Waals surface area contributed by atoms with Crippen molar-refractivity contribution in [2.75, 3.05) is 23.7 Å². The topological polar surface area (TPSA) is 83.0 Å². The lowest BCUT2D eigenvalue weighted by molar-refractivity contribution is 0.262. The van der Waals surface area contributed by atoms with E-state index in [-0.39, 0.29) is 0 Å². The van der Waals surface area contributed by atoms with Gasteiger partial charge in [-0.25, -0.2) is 14.8 Å². The van der Waals surface area contributed by atoms with Gasteiger partial charge in [-0.2, -0.15) is 0 Å². The summed E-state index contributed by atoms with van der Waals surface area (Å²) in [7, 11) is 0. The molecule has 0 aromatic carbocycles. The number of nitrogens with zero attached hydrogens (tertiary/aromatic N) is 4. The second kappa shape index (κ2) is 9.34. The van der Waals surface area contributed by atoms with Gasteiger partial charge >= 0.3 is 6.03 Å². The third kappa shape index (κ3) is 4.87. The highest BCUT2D eigenvalue weighted by molar-refractivity contribution is 7.80. The van der Waals surface area contributed by atoms with Crippen molar-refractivity contribution < 1.29 is 4.79 Å². The van der Waals surface area contributed by atoms with E-state index in [1.165, 1.54) is 11.3 Å². The van der Waals surface area contributed by atoms with Crippen molar-refractivity contribution in [2.24, 2.45) is 0 Å². The highest BCUT2D eigenvalue weighted by atomic mass is 32.1. The highest BCUT2D eigenvalue weighted by Gasteiger charge is 2.12. The van der Waals surface area contributed by atoms with Gasteiger partial charge < -0.3 is 4.90 Å². The zero-order valence-corrected chi connectivity index (χ0v) is 17.2. The molecule has 2 amide bonds. The molecule has 0 aliphatic heterocycles. The number of rotatable bonds is 6. The Balaban J connectivity index is 1.65. The molecule has 28 heavy (non-hydrogen) atoms. The maximum absolute atomic E-state index is 12.3. The third-order valence-electron chi connectivity index (χ3n) is 3.93. The van der Waals surface area contributed by atoms with E-state index < -0.39 is 6.03 Å². The van der Waals surface area contributed by atoms with Crippen molar-refractivity contribution in [1.29, 1.82) is 0 Å². The van der Waals surface area contributed by atoms with Crippen LogP contribution in [0.4, 0.5) is 16.4 Å². The van der Waals surface area contributed by atoms with Crippen molar-refractivity contribution in [3.05, 3.63) is 53.8 Å². The molecule has 0 saturated carbocycles. The Bertz CT molecular complexity index is 956.